The summed E-state index contributed by atoms with van der Waals surface area (Å²) in [4.78, 5) is 11.4. The van der Waals surface area contributed by atoms with E-state index in [1.54, 1.807) is 6.33 Å². The summed E-state index contributed by atoms with van der Waals surface area (Å²) in [5, 5.41) is 7.68. The number of piperidine rings is 1. The summed E-state index contributed by atoms with van der Waals surface area (Å²) in [6.45, 7) is 1.85. The Hall–Kier alpha value is -1.65. The quantitative estimate of drug-likeness (QED) is 0.490. The van der Waals surface area contributed by atoms with E-state index < -0.39 is 0 Å². The Morgan fingerprint density at radius 1 is 1.20 bits per heavy atom. The number of aryl methyl sites for hydroxylation is 1. The molecule has 2 heterocycles. The van der Waals surface area contributed by atoms with Gasteiger partial charge >= 0.3 is 0 Å². The molecule has 5 nitrogen and oxygen atoms in total. The SMILES string of the molecule is N=C(N)C1CCCN(c2ncnc3c2CCCCC3)C1. The van der Waals surface area contributed by atoms with E-state index in [1.807, 2.05) is 0 Å². The Labute approximate surface area is 120 Å². The molecular formula is C15H23N5. The molecule has 0 radical (unpaired) electrons. The third kappa shape index (κ3) is 2.62. The zero-order chi connectivity index (χ0) is 13.9. The third-order valence-corrected chi connectivity index (χ3v) is 4.51. The summed E-state index contributed by atoms with van der Waals surface area (Å²) in [6, 6.07) is 0. The van der Waals surface area contributed by atoms with Gasteiger partial charge in [-0.1, -0.05) is 6.42 Å². The maximum absolute atomic E-state index is 7.68. The Morgan fingerprint density at radius 2 is 2.05 bits per heavy atom. The van der Waals surface area contributed by atoms with Crippen LogP contribution in [-0.4, -0.2) is 28.9 Å². The molecule has 1 aliphatic heterocycles. The fraction of sp³-hybridized carbons (Fsp3) is 0.667. The first-order valence-electron chi connectivity index (χ1n) is 7.67. The molecule has 5 heteroatoms. The highest BCUT2D eigenvalue weighted by Crippen LogP contribution is 2.29. The third-order valence-electron chi connectivity index (χ3n) is 4.51. The van der Waals surface area contributed by atoms with Gasteiger partial charge in [0, 0.05) is 30.3 Å². The number of hydrogen-bond donors (Lipinski definition) is 2. The molecule has 108 valence electrons. The van der Waals surface area contributed by atoms with Gasteiger partial charge in [0.1, 0.15) is 12.1 Å². The second kappa shape index (κ2) is 5.77. The number of amidine groups is 1. The fourth-order valence-electron chi connectivity index (χ4n) is 3.38. The van der Waals surface area contributed by atoms with E-state index in [0.29, 0.717) is 5.84 Å². The number of fused-ring (bicyclic) bond motifs is 1. The molecule has 1 aromatic rings. The molecule has 1 aliphatic carbocycles. The van der Waals surface area contributed by atoms with E-state index >= 15 is 0 Å². The van der Waals surface area contributed by atoms with Gasteiger partial charge < -0.3 is 10.6 Å². The number of hydrogen-bond acceptors (Lipinski definition) is 4. The van der Waals surface area contributed by atoms with Crippen LogP contribution in [-0.2, 0) is 12.8 Å². The van der Waals surface area contributed by atoms with Crippen LogP contribution in [0, 0.1) is 11.3 Å². The largest absolute Gasteiger partial charge is 0.387 e. The van der Waals surface area contributed by atoms with Gasteiger partial charge in [0.25, 0.3) is 0 Å². The number of nitrogens with two attached hydrogens (primary N) is 1. The molecule has 1 unspecified atom stereocenters. The summed E-state index contributed by atoms with van der Waals surface area (Å²) in [6.07, 6.45) is 9.74. The number of nitrogens with zero attached hydrogens (tertiary/aromatic N) is 3. The Kier molecular flexibility index (Phi) is 3.85. The van der Waals surface area contributed by atoms with Crippen molar-refractivity contribution >= 4 is 11.7 Å². The van der Waals surface area contributed by atoms with E-state index in [2.05, 4.69) is 14.9 Å². The van der Waals surface area contributed by atoms with E-state index in [9.17, 15) is 0 Å². The highest BCUT2D eigenvalue weighted by atomic mass is 15.2. The predicted octanol–water partition coefficient (Wildman–Crippen LogP) is 1.90. The van der Waals surface area contributed by atoms with Crippen molar-refractivity contribution in [1.29, 1.82) is 5.41 Å². The Balaban J connectivity index is 1.88. The van der Waals surface area contributed by atoms with Crippen molar-refractivity contribution in [1.82, 2.24) is 9.97 Å². The second-order valence-corrected chi connectivity index (χ2v) is 5.92. The van der Waals surface area contributed by atoms with Gasteiger partial charge in [0.15, 0.2) is 0 Å². The number of anilines is 1. The van der Waals surface area contributed by atoms with E-state index in [1.165, 1.54) is 30.5 Å². The zero-order valence-electron chi connectivity index (χ0n) is 11.9. The first-order valence-corrected chi connectivity index (χ1v) is 7.67. The van der Waals surface area contributed by atoms with E-state index in [-0.39, 0.29) is 5.92 Å². The van der Waals surface area contributed by atoms with Crippen LogP contribution in [0.5, 0.6) is 0 Å². The molecule has 0 bridgehead atoms. The number of nitrogens with one attached hydrogen (secondary N) is 1. The monoisotopic (exact) mass is 273 g/mol. The lowest BCUT2D eigenvalue weighted by atomic mass is 9.96. The first-order chi connectivity index (χ1) is 9.75. The molecule has 0 spiro atoms. The van der Waals surface area contributed by atoms with Crippen molar-refractivity contribution in [3.05, 3.63) is 17.6 Å². The van der Waals surface area contributed by atoms with Crippen molar-refractivity contribution in [2.24, 2.45) is 11.7 Å². The van der Waals surface area contributed by atoms with Gasteiger partial charge in [0.2, 0.25) is 0 Å². The summed E-state index contributed by atoms with van der Waals surface area (Å²) in [5.74, 6) is 1.60. The predicted molar refractivity (Wildman–Crippen MR) is 80.1 cm³/mol. The summed E-state index contributed by atoms with van der Waals surface area (Å²) in [5.41, 5.74) is 8.27. The molecule has 3 N–H and O–H groups in total. The van der Waals surface area contributed by atoms with Crippen LogP contribution >= 0.6 is 0 Å². The molecule has 1 saturated heterocycles. The first kappa shape index (κ1) is 13.3. The van der Waals surface area contributed by atoms with Crippen molar-refractivity contribution in [2.45, 2.75) is 44.9 Å². The van der Waals surface area contributed by atoms with Crippen molar-refractivity contribution < 1.29 is 0 Å². The average molecular weight is 273 g/mol. The van der Waals surface area contributed by atoms with Crippen LogP contribution in [0.4, 0.5) is 5.82 Å². The zero-order valence-corrected chi connectivity index (χ0v) is 11.9. The van der Waals surface area contributed by atoms with Crippen LogP contribution in [0.25, 0.3) is 0 Å². The number of aromatic nitrogens is 2. The molecule has 0 saturated carbocycles. The normalized spacial score (nSPS) is 23.0. The van der Waals surface area contributed by atoms with Crippen LogP contribution in [0.3, 0.4) is 0 Å². The number of rotatable bonds is 2. The Bertz CT molecular complexity index is 499. The van der Waals surface area contributed by atoms with Crippen LogP contribution in [0.1, 0.15) is 43.4 Å². The summed E-state index contributed by atoms with van der Waals surface area (Å²) >= 11 is 0. The molecule has 0 aromatic carbocycles. The summed E-state index contributed by atoms with van der Waals surface area (Å²) < 4.78 is 0. The summed E-state index contributed by atoms with van der Waals surface area (Å²) in [7, 11) is 0. The van der Waals surface area contributed by atoms with Crippen LogP contribution < -0.4 is 10.6 Å². The van der Waals surface area contributed by atoms with Gasteiger partial charge in [-0.05, 0) is 38.5 Å². The fourth-order valence-corrected chi connectivity index (χ4v) is 3.38. The minimum absolute atomic E-state index is 0.181. The van der Waals surface area contributed by atoms with Gasteiger partial charge in [-0.25, -0.2) is 9.97 Å². The topological polar surface area (TPSA) is 78.9 Å². The second-order valence-electron chi connectivity index (χ2n) is 5.92. The highest BCUT2D eigenvalue weighted by Gasteiger charge is 2.26. The highest BCUT2D eigenvalue weighted by molar-refractivity contribution is 5.80. The lowest BCUT2D eigenvalue weighted by Gasteiger charge is -2.34. The van der Waals surface area contributed by atoms with E-state index in [4.69, 9.17) is 11.1 Å². The standard InChI is InChI=1S/C15H23N5/c16-14(17)11-5-4-8-20(9-11)15-12-6-2-1-3-7-13(12)18-10-19-15/h10-11H,1-9H2,(H3,16,17). The molecule has 1 atom stereocenters. The molecule has 20 heavy (non-hydrogen) atoms. The van der Waals surface area contributed by atoms with Gasteiger partial charge in [-0.15, -0.1) is 0 Å². The molecule has 1 aromatic heterocycles. The smallest absolute Gasteiger partial charge is 0.135 e. The minimum Gasteiger partial charge on any atom is -0.387 e. The molecular weight excluding hydrogens is 250 g/mol. The Morgan fingerprint density at radius 3 is 2.90 bits per heavy atom. The maximum Gasteiger partial charge on any atom is 0.135 e. The molecule has 1 fully saturated rings. The van der Waals surface area contributed by atoms with Gasteiger partial charge in [-0.2, -0.15) is 0 Å². The van der Waals surface area contributed by atoms with E-state index in [0.717, 1.165) is 44.6 Å². The minimum atomic E-state index is 0.181. The van der Waals surface area contributed by atoms with Gasteiger partial charge in [-0.3, -0.25) is 5.41 Å². The molecule has 2 aliphatic rings. The lowest BCUT2D eigenvalue weighted by Crippen LogP contribution is -2.41. The van der Waals surface area contributed by atoms with Crippen molar-refractivity contribution in [2.75, 3.05) is 18.0 Å². The average Bonchev–Trinajstić information content (AvgIpc) is 2.72. The lowest BCUT2D eigenvalue weighted by molar-refractivity contribution is 0.498. The van der Waals surface area contributed by atoms with Gasteiger partial charge in [0.05, 0.1) is 5.84 Å². The maximum atomic E-state index is 7.68. The van der Waals surface area contributed by atoms with Crippen molar-refractivity contribution in [3.63, 3.8) is 0 Å². The molecule has 0 amide bonds. The van der Waals surface area contributed by atoms with Crippen LogP contribution in [0.2, 0.25) is 0 Å². The van der Waals surface area contributed by atoms with Crippen LogP contribution in [0.15, 0.2) is 6.33 Å². The molecule has 3 rings (SSSR count). The van der Waals surface area contributed by atoms with Crippen molar-refractivity contribution in [3.8, 4) is 0 Å².